The highest BCUT2D eigenvalue weighted by atomic mass is 16.5. The van der Waals surface area contributed by atoms with Gasteiger partial charge in [0.15, 0.2) is 0 Å². The maximum atomic E-state index is 6.08. The Kier molecular flexibility index (Phi) is 1.77. The third-order valence-electron chi connectivity index (χ3n) is 3.94. The molecule has 0 aromatic rings. The molecule has 3 atom stereocenters. The average Bonchev–Trinajstić information content (AvgIpc) is 2.63. The largest absolute Gasteiger partial charge is 0.490 e. The molecule has 1 saturated heterocycles. The zero-order valence-corrected chi connectivity index (χ0v) is 9.05. The van der Waals surface area contributed by atoms with Gasteiger partial charge in [-0.25, -0.2) is 0 Å². The highest BCUT2D eigenvalue weighted by molar-refractivity contribution is 5.40. The molecule has 1 heteroatoms. The fraction of sp³-hybridized carbons (Fsp3) is 0.692. The molecule has 3 aliphatic rings. The van der Waals surface area contributed by atoms with Crippen LogP contribution in [0.1, 0.15) is 39.5 Å². The smallest absolute Gasteiger partial charge is 0.121 e. The molecule has 1 saturated carbocycles. The predicted molar refractivity (Wildman–Crippen MR) is 56.8 cm³/mol. The van der Waals surface area contributed by atoms with E-state index in [0.717, 1.165) is 11.8 Å². The van der Waals surface area contributed by atoms with Crippen molar-refractivity contribution in [1.29, 1.82) is 0 Å². The van der Waals surface area contributed by atoms with Crippen molar-refractivity contribution in [3.63, 3.8) is 0 Å². The van der Waals surface area contributed by atoms with Crippen molar-refractivity contribution < 1.29 is 4.74 Å². The maximum absolute atomic E-state index is 6.08. The summed E-state index contributed by atoms with van der Waals surface area (Å²) >= 11 is 0. The van der Waals surface area contributed by atoms with Gasteiger partial charge in [0, 0.05) is 5.92 Å². The van der Waals surface area contributed by atoms with Crippen LogP contribution in [-0.2, 0) is 4.74 Å². The summed E-state index contributed by atoms with van der Waals surface area (Å²) in [4.78, 5) is 0. The Balaban J connectivity index is 1.97. The van der Waals surface area contributed by atoms with Crippen LogP contribution >= 0.6 is 0 Å². The molecule has 0 spiro atoms. The minimum atomic E-state index is 0.513. The van der Waals surface area contributed by atoms with Crippen molar-refractivity contribution in [3.05, 3.63) is 23.0 Å². The fourth-order valence-electron chi connectivity index (χ4n) is 3.24. The molecule has 0 aromatic heterocycles. The van der Waals surface area contributed by atoms with Crippen molar-refractivity contribution >= 4 is 0 Å². The van der Waals surface area contributed by atoms with Crippen LogP contribution < -0.4 is 0 Å². The molecule has 0 N–H and O–H groups in total. The summed E-state index contributed by atoms with van der Waals surface area (Å²) in [6, 6.07) is 0. The van der Waals surface area contributed by atoms with E-state index in [4.69, 9.17) is 4.74 Å². The van der Waals surface area contributed by atoms with Crippen LogP contribution in [0.25, 0.3) is 0 Å². The number of ether oxygens (including phenoxy) is 1. The summed E-state index contributed by atoms with van der Waals surface area (Å²) in [6.45, 7) is 4.58. The highest BCUT2D eigenvalue weighted by Crippen LogP contribution is 2.49. The van der Waals surface area contributed by atoms with Crippen LogP contribution in [0.15, 0.2) is 23.0 Å². The summed E-state index contributed by atoms with van der Waals surface area (Å²) in [5.41, 5.74) is 3.02. The van der Waals surface area contributed by atoms with Crippen molar-refractivity contribution in [3.8, 4) is 0 Å². The Bertz CT molecular complexity index is 324. The third-order valence-corrected chi connectivity index (χ3v) is 3.94. The van der Waals surface area contributed by atoms with E-state index in [1.54, 1.807) is 5.57 Å². The summed E-state index contributed by atoms with van der Waals surface area (Å²) in [6.07, 6.45) is 7.97. The van der Waals surface area contributed by atoms with Crippen LogP contribution in [0.2, 0.25) is 0 Å². The van der Waals surface area contributed by atoms with Gasteiger partial charge in [0.25, 0.3) is 0 Å². The minimum absolute atomic E-state index is 0.513. The van der Waals surface area contributed by atoms with Crippen LogP contribution in [0.4, 0.5) is 0 Å². The first-order valence-corrected chi connectivity index (χ1v) is 5.82. The molecule has 0 bridgehead atoms. The van der Waals surface area contributed by atoms with E-state index in [2.05, 4.69) is 19.9 Å². The lowest BCUT2D eigenvalue weighted by Crippen LogP contribution is -2.07. The summed E-state index contributed by atoms with van der Waals surface area (Å²) in [7, 11) is 0. The minimum Gasteiger partial charge on any atom is -0.490 e. The lowest BCUT2D eigenvalue weighted by atomic mass is 9.89. The molecule has 1 aliphatic heterocycles. The molecule has 1 nitrogen and oxygen atoms in total. The molecular formula is C13H18O. The number of hydrogen-bond acceptors (Lipinski definition) is 1. The van der Waals surface area contributed by atoms with E-state index in [1.165, 1.54) is 37.0 Å². The van der Waals surface area contributed by atoms with E-state index >= 15 is 0 Å². The average molecular weight is 190 g/mol. The lowest BCUT2D eigenvalue weighted by Gasteiger charge is -2.15. The van der Waals surface area contributed by atoms with Gasteiger partial charge in [-0.1, -0.05) is 13.0 Å². The van der Waals surface area contributed by atoms with Crippen molar-refractivity contribution in [2.24, 2.45) is 11.8 Å². The summed E-state index contributed by atoms with van der Waals surface area (Å²) < 4.78 is 6.08. The van der Waals surface area contributed by atoms with Crippen molar-refractivity contribution in [2.75, 3.05) is 0 Å². The third kappa shape index (κ3) is 1.08. The molecule has 76 valence electrons. The van der Waals surface area contributed by atoms with Gasteiger partial charge in [0.1, 0.15) is 11.9 Å². The number of hydrogen-bond donors (Lipinski definition) is 0. The van der Waals surface area contributed by atoms with E-state index in [0.29, 0.717) is 6.10 Å². The quantitative estimate of drug-likeness (QED) is 0.568. The van der Waals surface area contributed by atoms with Gasteiger partial charge in [-0.05, 0) is 49.7 Å². The van der Waals surface area contributed by atoms with Gasteiger partial charge in [-0.15, -0.1) is 0 Å². The SMILES string of the molecule is CC1=C2O[C@H]3C[C@H](C)C[C@H]3C2=CCC1. The predicted octanol–water partition coefficient (Wildman–Crippen LogP) is 3.43. The summed E-state index contributed by atoms with van der Waals surface area (Å²) in [5, 5.41) is 0. The lowest BCUT2D eigenvalue weighted by molar-refractivity contribution is 0.141. The second-order valence-corrected chi connectivity index (χ2v) is 5.15. The van der Waals surface area contributed by atoms with E-state index in [-0.39, 0.29) is 0 Å². The number of allylic oxidation sites excluding steroid dienone is 3. The Morgan fingerprint density at radius 3 is 3.07 bits per heavy atom. The molecule has 14 heavy (non-hydrogen) atoms. The molecule has 0 aromatic carbocycles. The molecule has 2 fully saturated rings. The van der Waals surface area contributed by atoms with Crippen molar-refractivity contribution in [1.82, 2.24) is 0 Å². The van der Waals surface area contributed by atoms with E-state index in [1.807, 2.05) is 0 Å². The molecule has 0 amide bonds. The zero-order chi connectivity index (χ0) is 9.71. The fourth-order valence-corrected chi connectivity index (χ4v) is 3.24. The Morgan fingerprint density at radius 1 is 1.36 bits per heavy atom. The molecule has 0 radical (unpaired) electrons. The highest BCUT2D eigenvalue weighted by Gasteiger charge is 2.44. The van der Waals surface area contributed by atoms with Gasteiger partial charge in [-0.3, -0.25) is 0 Å². The van der Waals surface area contributed by atoms with Crippen LogP contribution in [0.3, 0.4) is 0 Å². The Hall–Kier alpha value is -0.720. The number of rotatable bonds is 0. The standard InChI is InChI=1S/C13H18O/c1-8-6-11-10-5-3-4-9(2)13(10)14-12(11)7-8/h5,8,11-12H,3-4,6-7H2,1-2H3/t8-,11+,12+/m1/s1. The van der Waals surface area contributed by atoms with Crippen molar-refractivity contribution in [2.45, 2.75) is 45.6 Å². The van der Waals surface area contributed by atoms with E-state index in [9.17, 15) is 0 Å². The maximum Gasteiger partial charge on any atom is 0.121 e. The topological polar surface area (TPSA) is 9.23 Å². The normalized spacial score (nSPS) is 40.4. The first kappa shape index (κ1) is 8.58. The zero-order valence-electron chi connectivity index (χ0n) is 9.05. The molecule has 1 heterocycles. The van der Waals surface area contributed by atoms with Gasteiger partial charge in [0.2, 0.25) is 0 Å². The van der Waals surface area contributed by atoms with Gasteiger partial charge in [-0.2, -0.15) is 0 Å². The number of fused-ring (bicyclic) bond motifs is 3. The van der Waals surface area contributed by atoms with Crippen LogP contribution in [0, 0.1) is 11.8 Å². The Labute approximate surface area is 85.8 Å². The van der Waals surface area contributed by atoms with Gasteiger partial charge < -0.3 is 4.74 Å². The molecular weight excluding hydrogens is 172 g/mol. The van der Waals surface area contributed by atoms with Crippen LogP contribution in [0.5, 0.6) is 0 Å². The molecule has 2 aliphatic carbocycles. The van der Waals surface area contributed by atoms with Crippen LogP contribution in [-0.4, -0.2) is 6.10 Å². The van der Waals surface area contributed by atoms with Gasteiger partial charge in [0.05, 0.1) is 0 Å². The first-order chi connectivity index (χ1) is 6.75. The second kappa shape index (κ2) is 2.88. The first-order valence-electron chi connectivity index (χ1n) is 5.82. The second-order valence-electron chi connectivity index (χ2n) is 5.15. The molecule has 3 rings (SSSR count). The monoisotopic (exact) mass is 190 g/mol. The Morgan fingerprint density at radius 2 is 2.21 bits per heavy atom. The molecule has 0 unspecified atom stereocenters. The van der Waals surface area contributed by atoms with E-state index < -0.39 is 0 Å². The summed E-state index contributed by atoms with van der Waals surface area (Å²) in [5.74, 6) is 2.85. The van der Waals surface area contributed by atoms with Gasteiger partial charge >= 0.3 is 0 Å².